The van der Waals surface area contributed by atoms with Crippen molar-refractivity contribution in [1.82, 2.24) is 15.2 Å². The molecule has 0 atom stereocenters. The Labute approximate surface area is 144 Å². The summed E-state index contributed by atoms with van der Waals surface area (Å²) in [5, 5.41) is 18.6. The molecule has 0 amide bonds. The van der Waals surface area contributed by atoms with E-state index in [0.29, 0.717) is 22.2 Å². The van der Waals surface area contributed by atoms with Gasteiger partial charge in [-0.2, -0.15) is 0 Å². The Morgan fingerprint density at radius 1 is 1.38 bits per heavy atom. The van der Waals surface area contributed by atoms with E-state index in [0.717, 1.165) is 30.4 Å². The van der Waals surface area contributed by atoms with Gasteiger partial charge in [-0.25, -0.2) is 4.98 Å². The van der Waals surface area contributed by atoms with Crippen LogP contribution in [0.1, 0.15) is 24.7 Å². The standard InChI is InChI=1S/C16H19N3O4S/c1-4-5-14-17-16(19-18-14)24-13(15(20)21)9-10-8-11(22-2)6-7-12(10)23-3/h6-9H,4-5H2,1-3H3,(H,20,21)(H,17,18,19)/p-1/b13-9-. The third kappa shape index (κ3) is 4.51. The molecular formula is C16H18N3O4S-. The molecule has 0 spiro atoms. The van der Waals surface area contributed by atoms with Crippen molar-refractivity contribution in [2.45, 2.75) is 24.9 Å². The quantitative estimate of drug-likeness (QED) is 0.572. The molecule has 0 saturated heterocycles. The molecule has 0 fully saturated rings. The number of nitrogens with one attached hydrogen (secondary N) is 1. The smallest absolute Gasteiger partial charge is 0.213 e. The highest BCUT2D eigenvalue weighted by Gasteiger charge is 2.11. The van der Waals surface area contributed by atoms with Gasteiger partial charge < -0.3 is 19.4 Å². The fourth-order valence-corrected chi connectivity index (χ4v) is 2.71. The summed E-state index contributed by atoms with van der Waals surface area (Å²) in [6, 6.07) is 5.12. The number of carbonyl (C=O) groups is 1. The summed E-state index contributed by atoms with van der Waals surface area (Å²) in [4.78, 5) is 15.7. The Morgan fingerprint density at radius 3 is 2.79 bits per heavy atom. The van der Waals surface area contributed by atoms with Crippen molar-refractivity contribution < 1.29 is 19.4 Å². The van der Waals surface area contributed by atoms with Crippen molar-refractivity contribution in [1.29, 1.82) is 0 Å². The summed E-state index contributed by atoms with van der Waals surface area (Å²) in [6.45, 7) is 2.02. The molecule has 1 heterocycles. The number of methoxy groups -OCH3 is 2. The molecule has 0 radical (unpaired) electrons. The molecule has 7 nitrogen and oxygen atoms in total. The number of rotatable bonds is 8. The number of hydrogen-bond acceptors (Lipinski definition) is 7. The van der Waals surface area contributed by atoms with Crippen molar-refractivity contribution in [2.75, 3.05) is 14.2 Å². The van der Waals surface area contributed by atoms with Crippen LogP contribution in [0.4, 0.5) is 0 Å². The van der Waals surface area contributed by atoms with Gasteiger partial charge in [0.15, 0.2) is 0 Å². The molecule has 0 aliphatic carbocycles. The van der Waals surface area contributed by atoms with E-state index in [1.807, 2.05) is 6.92 Å². The second-order valence-electron chi connectivity index (χ2n) is 4.82. The molecule has 0 bridgehead atoms. The van der Waals surface area contributed by atoms with Crippen LogP contribution in [0.25, 0.3) is 6.08 Å². The topological polar surface area (TPSA) is 100 Å². The zero-order valence-electron chi connectivity index (χ0n) is 13.7. The largest absolute Gasteiger partial charge is 0.544 e. The molecule has 1 aromatic heterocycles. The molecule has 1 N–H and O–H groups in total. The number of aromatic amines is 1. The van der Waals surface area contributed by atoms with Crippen LogP contribution < -0.4 is 14.6 Å². The van der Waals surface area contributed by atoms with Crippen LogP contribution in [0.15, 0.2) is 28.3 Å². The number of aliphatic carboxylic acids is 1. The lowest BCUT2D eigenvalue weighted by atomic mass is 10.1. The summed E-state index contributed by atoms with van der Waals surface area (Å²) in [5.41, 5.74) is 0.563. The van der Waals surface area contributed by atoms with Gasteiger partial charge in [0.2, 0.25) is 5.16 Å². The number of thioether (sulfide) groups is 1. The molecule has 0 unspecified atom stereocenters. The highest BCUT2D eigenvalue weighted by molar-refractivity contribution is 8.04. The van der Waals surface area contributed by atoms with E-state index in [2.05, 4.69) is 15.2 Å². The normalized spacial score (nSPS) is 11.4. The van der Waals surface area contributed by atoms with E-state index >= 15 is 0 Å². The van der Waals surface area contributed by atoms with Crippen molar-refractivity contribution >= 4 is 23.8 Å². The number of hydrogen-bond donors (Lipinski definition) is 1. The molecule has 8 heteroatoms. The summed E-state index contributed by atoms with van der Waals surface area (Å²) in [5.74, 6) is 0.521. The van der Waals surface area contributed by atoms with Crippen molar-refractivity contribution in [3.05, 3.63) is 34.5 Å². The molecule has 128 valence electrons. The maximum atomic E-state index is 11.5. The minimum absolute atomic E-state index is 0.0244. The van der Waals surface area contributed by atoms with Crippen molar-refractivity contribution in [2.24, 2.45) is 0 Å². The first kappa shape index (κ1) is 17.9. The van der Waals surface area contributed by atoms with Gasteiger partial charge in [-0.1, -0.05) is 6.92 Å². The van der Waals surface area contributed by atoms with Crippen molar-refractivity contribution in [3.8, 4) is 11.5 Å². The SMILES string of the molecule is CCCc1nc(S/C(=C\c2cc(OC)ccc2OC)C(=O)[O-])n[nH]1. The number of ether oxygens (including phenoxy) is 2. The van der Waals surface area contributed by atoms with Crippen LogP contribution in [0.5, 0.6) is 11.5 Å². The van der Waals surface area contributed by atoms with E-state index in [9.17, 15) is 9.90 Å². The monoisotopic (exact) mass is 348 g/mol. The minimum atomic E-state index is -1.31. The van der Waals surface area contributed by atoms with E-state index < -0.39 is 5.97 Å². The summed E-state index contributed by atoms with van der Waals surface area (Å²) < 4.78 is 10.4. The Hall–Kier alpha value is -2.48. The van der Waals surface area contributed by atoms with Crippen LogP contribution in [-0.4, -0.2) is 35.4 Å². The molecule has 0 aliphatic heterocycles. The minimum Gasteiger partial charge on any atom is -0.544 e. The lowest BCUT2D eigenvalue weighted by molar-refractivity contribution is -0.297. The van der Waals surface area contributed by atoms with Gasteiger partial charge in [-0.3, -0.25) is 5.10 Å². The summed E-state index contributed by atoms with van der Waals surface area (Å²) in [6.07, 6.45) is 3.13. The highest BCUT2D eigenvalue weighted by Crippen LogP contribution is 2.30. The molecule has 24 heavy (non-hydrogen) atoms. The Morgan fingerprint density at radius 2 is 2.17 bits per heavy atom. The van der Waals surface area contributed by atoms with Gasteiger partial charge in [0, 0.05) is 16.9 Å². The van der Waals surface area contributed by atoms with E-state index in [1.54, 1.807) is 18.2 Å². The van der Waals surface area contributed by atoms with E-state index in [-0.39, 0.29) is 4.91 Å². The molecular weight excluding hydrogens is 330 g/mol. The first-order valence-electron chi connectivity index (χ1n) is 7.31. The van der Waals surface area contributed by atoms with Gasteiger partial charge in [-0.05, 0) is 42.5 Å². The van der Waals surface area contributed by atoms with Gasteiger partial charge in [0.25, 0.3) is 0 Å². The second-order valence-corrected chi connectivity index (χ2v) is 5.83. The Bertz CT molecular complexity index is 743. The van der Waals surface area contributed by atoms with E-state index in [1.165, 1.54) is 20.3 Å². The lowest BCUT2D eigenvalue weighted by Gasteiger charge is -2.10. The first-order valence-corrected chi connectivity index (χ1v) is 8.13. The predicted molar refractivity (Wildman–Crippen MR) is 88.8 cm³/mol. The third-order valence-corrected chi connectivity index (χ3v) is 3.99. The lowest BCUT2D eigenvalue weighted by Crippen LogP contribution is -2.23. The number of carboxylic acids is 1. The molecule has 2 aromatic rings. The van der Waals surface area contributed by atoms with E-state index in [4.69, 9.17) is 9.47 Å². The second kappa shape index (κ2) is 8.39. The van der Waals surface area contributed by atoms with Gasteiger partial charge in [-0.15, -0.1) is 5.10 Å². The average molecular weight is 348 g/mol. The summed E-state index contributed by atoms with van der Waals surface area (Å²) >= 11 is 0.920. The zero-order valence-corrected chi connectivity index (χ0v) is 14.5. The van der Waals surface area contributed by atoms with Crippen LogP contribution in [0.3, 0.4) is 0 Å². The number of carboxylic acid groups (broad SMARTS) is 1. The number of aromatic nitrogens is 3. The van der Waals surface area contributed by atoms with Crippen LogP contribution in [-0.2, 0) is 11.2 Å². The van der Waals surface area contributed by atoms with Crippen LogP contribution in [0, 0.1) is 0 Å². The number of nitrogens with zero attached hydrogens (tertiary/aromatic N) is 2. The molecule has 0 aliphatic rings. The van der Waals surface area contributed by atoms with Gasteiger partial charge in [0.05, 0.1) is 20.2 Å². The Kier molecular flexibility index (Phi) is 6.25. The molecule has 2 rings (SSSR count). The fraction of sp³-hybridized carbons (Fsp3) is 0.312. The highest BCUT2D eigenvalue weighted by atomic mass is 32.2. The number of carbonyl (C=O) groups excluding carboxylic acids is 1. The van der Waals surface area contributed by atoms with Gasteiger partial charge >= 0.3 is 0 Å². The number of benzene rings is 1. The first-order chi connectivity index (χ1) is 11.6. The van der Waals surface area contributed by atoms with Gasteiger partial charge in [0.1, 0.15) is 17.3 Å². The van der Waals surface area contributed by atoms with Crippen molar-refractivity contribution in [3.63, 3.8) is 0 Å². The van der Waals surface area contributed by atoms with Crippen LogP contribution in [0.2, 0.25) is 0 Å². The fourth-order valence-electron chi connectivity index (χ4n) is 1.99. The number of H-pyrrole nitrogens is 1. The maximum absolute atomic E-state index is 11.5. The Balaban J connectivity index is 2.32. The number of aryl methyl sites for hydroxylation is 1. The molecule has 0 saturated carbocycles. The average Bonchev–Trinajstić information content (AvgIpc) is 3.01. The predicted octanol–water partition coefficient (Wildman–Crippen LogP) is 1.66. The van der Waals surface area contributed by atoms with Crippen LogP contribution >= 0.6 is 11.8 Å². The third-order valence-electron chi connectivity index (χ3n) is 3.12. The summed E-state index contributed by atoms with van der Waals surface area (Å²) in [7, 11) is 3.05. The maximum Gasteiger partial charge on any atom is 0.213 e. The molecule has 1 aromatic carbocycles. The zero-order chi connectivity index (χ0) is 17.5.